The summed E-state index contributed by atoms with van der Waals surface area (Å²) in [4.78, 5) is 4.25. The fourth-order valence-corrected chi connectivity index (χ4v) is 1.73. The van der Waals surface area contributed by atoms with Crippen molar-refractivity contribution in [1.82, 2.24) is 10.3 Å². The Kier molecular flexibility index (Phi) is 7.06. The zero-order chi connectivity index (χ0) is 13.4. The molecule has 1 N–H and O–H groups in total. The molecule has 0 aliphatic rings. The number of nitrogens with one attached hydrogen (secondary N) is 1. The molecule has 0 atom stereocenters. The van der Waals surface area contributed by atoms with E-state index in [-0.39, 0.29) is 0 Å². The largest absolute Gasteiger partial charge is 0.477 e. The van der Waals surface area contributed by atoms with E-state index >= 15 is 0 Å². The molecule has 1 rings (SSSR count). The molecule has 0 aliphatic carbocycles. The van der Waals surface area contributed by atoms with Gasteiger partial charge >= 0.3 is 0 Å². The monoisotopic (exact) mass is 270 g/mol. The smallest absolute Gasteiger partial charge is 0.232 e. The van der Waals surface area contributed by atoms with Crippen LogP contribution < -0.4 is 10.1 Å². The van der Waals surface area contributed by atoms with E-state index in [4.69, 9.17) is 16.3 Å². The first-order chi connectivity index (χ1) is 8.63. The van der Waals surface area contributed by atoms with Gasteiger partial charge in [-0.1, -0.05) is 38.8 Å². The first kappa shape index (κ1) is 15.3. The lowest BCUT2D eigenvalue weighted by Gasteiger charge is -2.09. The van der Waals surface area contributed by atoms with Crippen molar-refractivity contribution in [3.63, 3.8) is 0 Å². The standard InChI is InChI=1S/C14H23ClN2O/c1-4-5-6-18-14-13(15)7-12(10-17-14)9-16-8-11(2)3/h7,10-11,16H,4-6,8-9H2,1-3H3. The van der Waals surface area contributed by atoms with Gasteiger partial charge in [0.15, 0.2) is 0 Å². The maximum atomic E-state index is 6.13. The highest BCUT2D eigenvalue weighted by atomic mass is 35.5. The molecule has 0 fully saturated rings. The van der Waals surface area contributed by atoms with Crippen LogP contribution in [0.15, 0.2) is 12.3 Å². The van der Waals surface area contributed by atoms with Crippen LogP contribution in [-0.4, -0.2) is 18.1 Å². The molecule has 0 saturated carbocycles. The van der Waals surface area contributed by atoms with Gasteiger partial charge in [-0.15, -0.1) is 0 Å². The highest BCUT2D eigenvalue weighted by Crippen LogP contribution is 2.22. The van der Waals surface area contributed by atoms with Crippen molar-refractivity contribution in [1.29, 1.82) is 0 Å². The highest BCUT2D eigenvalue weighted by molar-refractivity contribution is 6.31. The fourth-order valence-electron chi connectivity index (χ4n) is 1.49. The quantitative estimate of drug-likeness (QED) is 0.732. The van der Waals surface area contributed by atoms with Gasteiger partial charge in [-0.25, -0.2) is 4.98 Å². The lowest BCUT2D eigenvalue weighted by Crippen LogP contribution is -2.19. The average Bonchev–Trinajstić information content (AvgIpc) is 2.31. The van der Waals surface area contributed by atoms with Crippen molar-refractivity contribution in [2.24, 2.45) is 5.92 Å². The van der Waals surface area contributed by atoms with Gasteiger partial charge in [0.05, 0.1) is 6.61 Å². The zero-order valence-electron chi connectivity index (χ0n) is 11.5. The van der Waals surface area contributed by atoms with E-state index in [1.54, 1.807) is 0 Å². The lowest BCUT2D eigenvalue weighted by atomic mass is 10.2. The first-order valence-electron chi connectivity index (χ1n) is 6.61. The van der Waals surface area contributed by atoms with Crippen LogP contribution in [0.3, 0.4) is 0 Å². The molecule has 3 nitrogen and oxygen atoms in total. The predicted molar refractivity (Wildman–Crippen MR) is 76.2 cm³/mol. The summed E-state index contributed by atoms with van der Waals surface area (Å²) >= 11 is 6.13. The van der Waals surface area contributed by atoms with E-state index in [1.807, 2.05) is 12.3 Å². The molecule has 4 heteroatoms. The number of hydrogen-bond acceptors (Lipinski definition) is 3. The van der Waals surface area contributed by atoms with Crippen LogP contribution >= 0.6 is 11.6 Å². The molecule has 18 heavy (non-hydrogen) atoms. The lowest BCUT2D eigenvalue weighted by molar-refractivity contribution is 0.298. The van der Waals surface area contributed by atoms with Crippen molar-refractivity contribution < 1.29 is 4.74 Å². The van der Waals surface area contributed by atoms with Crippen LogP contribution in [0.25, 0.3) is 0 Å². The van der Waals surface area contributed by atoms with Crippen LogP contribution in [-0.2, 0) is 6.54 Å². The van der Waals surface area contributed by atoms with Crippen LogP contribution in [0.5, 0.6) is 5.88 Å². The molecular formula is C14H23ClN2O. The fraction of sp³-hybridized carbons (Fsp3) is 0.643. The Hall–Kier alpha value is -0.800. The first-order valence-corrected chi connectivity index (χ1v) is 6.99. The van der Waals surface area contributed by atoms with Crippen molar-refractivity contribution >= 4 is 11.6 Å². The van der Waals surface area contributed by atoms with E-state index in [9.17, 15) is 0 Å². The van der Waals surface area contributed by atoms with Gasteiger partial charge in [-0.3, -0.25) is 0 Å². The molecular weight excluding hydrogens is 248 g/mol. The Morgan fingerprint density at radius 3 is 2.83 bits per heavy atom. The van der Waals surface area contributed by atoms with Gasteiger partial charge < -0.3 is 10.1 Å². The van der Waals surface area contributed by atoms with Gasteiger partial charge in [0, 0.05) is 12.7 Å². The second kappa shape index (κ2) is 8.33. The number of unbranched alkanes of at least 4 members (excludes halogenated alkanes) is 1. The van der Waals surface area contributed by atoms with Crippen molar-refractivity contribution in [2.75, 3.05) is 13.2 Å². The Balaban J connectivity index is 2.45. The van der Waals surface area contributed by atoms with Gasteiger partial charge in [-0.2, -0.15) is 0 Å². The average molecular weight is 271 g/mol. The predicted octanol–water partition coefficient (Wildman–Crippen LogP) is 3.66. The minimum atomic E-state index is 0.540. The normalized spacial score (nSPS) is 10.9. The molecule has 0 aromatic carbocycles. The molecule has 0 aliphatic heterocycles. The summed E-state index contributed by atoms with van der Waals surface area (Å²) in [5.74, 6) is 1.18. The van der Waals surface area contributed by atoms with E-state index in [2.05, 4.69) is 31.1 Å². The van der Waals surface area contributed by atoms with Crippen LogP contribution in [0, 0.1) is 5.92 Å². The number of hydrogen-bond donors (Lipinski definition) is 1. The molecule has 0 radical (unpaired) electrons. The number of aromatic nitrogens is 1. The molecule has 1 aromatic heterocycles. The molecule has 0 bridgehead atoms. The third-order valence-electron chi connectivity index (χ3n) is 2.48. The summed E-state index contributed by atoms with van der Waals surface area (Å²) in [6.45, 7) is 8.95. The summed E-state index contributed by atoms with van der Waals surface area (Å²) in [5.41, 5.74) is 1.09. The SMILES string of the molecule is CCCCOc1ncc(CNCC(C)C)cc1Cl. The maximum Gasteiger partial charge on any atom is 0.232 e. The van der Waals surface area contributed by atoms with Crippen LogP contribution in [0.4, 0.5) is 0 Å². The minimum absolute atomic E-state index is 0.540. The van der Waals surface area contributed by atoms with Gasteiger partial charge in [-0.05, 0) is 30.5 Å². The summed E-state index contributed by atoms with van der Waals surface area (Å²) in [6.07, 6.45) is 3.95. The van der Waals surface area contributed by atoms with Crippen molar-refractivity contribution in [3.8, 4) is 5.88 Å². The number of pyridine rings is 1. The summed E-state index contributed by atoms with van der Waals surface area (Å²) in [6, 6.07) is 1.92. The number of ether oxygens (including phenoxy) is 1. The van der Waals surface area contributed by atoms with E-state index in [0.29, 0.717) is 23.4 Å². The second-order valence-corrected chi connectivity index (χ2v) is 5.26. The summed E-state index contributed by atoms with van der Waals surface area (Å²) < 4.78 is 5.51. The third kappa shape index (κ3) is 5.69. The molecule has 0 spiro atoms. The van der Waals surface area contributed by atoms with Crippen LogP contribution in [0.1, 0.15) is 39.2 Å². The second-order valence-electron chi connectivity index (χ2n) is 4.86. The Bertz CT molecular complexity index is 356. The third-order valence-corrected chi connectivity index (χ3v) is 2.75. The van der Waals surface area contributed by atoms with Crippen molar-refractivity contribution in [3.05, 3.63) is 22.8 Å². The highest BCUT2D eigenvalue weighted by Gasteiger charge is 2.05. The molecule has 102 valence electrons. The van der Waals surface area contributed by atoms with Crippen LogP contribution in [0.2, 0.25) is 5.02 Å². The maximum absolute atomic E-state index is 6.13. The Morgan fingerprint density at radius 2 is 2.22 bits per heavy atom. The molecule has 0 amide bonds. The molecule has 1 heterocycles. The van der Waals surface area contributed by atoms with E-state index < -0.39 is 0 Å². The molecule has 0 saturated heterocycles. The molecule has 1 aromatic rings. The van der Waals surface area contributed by atoms with E-state index in [1.165, 1.54) is 0 Å². The Labute approximate surface area is 115 Å². The molecule has 0 unspecified atom stereocenters. The van der Waals surface area contributed by atoms with E-state index in [0.717, 1.165) is 31.5 Å². The summed E-state index contributed by atoms with van der Waals surface area (Å²) in [7, 11) is 0. The zero-order valence-corrected chi connectivity index (χ0v) is 12.3. The number of rotatable bonds is 8. The number of halogens is 1. The van der Waals surface area contributed by atoms with Gasteiger partial charge in [0.25, 0.3) is 0 Å². The number of nitrogens with zero attached hydrogens (tertiary/aromatic N) is 1. The topological polar surface area (TPSA) is 34.1 Å². The summed E-state index contributed by atoms with van der Waals surface area (Å²) in [5, 5.41) is 3.95. The Morgan fingerprint density at radius 1 is 1.44 bits per heavy atom. The van der Waals surface area contributed by atoms with Gasteiger partial charge in [0.1, 0.15) is 5.02 Å². The van der Waals surface area contributed by atoms with Crippen molar-refractivity contribution in [2.45, 2.75) is 40.2 Å². The minimum Gasteiger partial charge on any atom is -0.477 e. The van der Waals surface area contributed by atoms with Gasteiger partial charge in [0.2, 0.25) is 5.88 Å².